The third-order valence-electron chi connectivity index (χ3n) is 3.50. The Hall–Kier alpha value is -2.46. The van der Waals surface area contributed by atoms with E-state index in [0.717, 1.165) is 11.1 Å². The minimum absolute atomic E-state index is 0.239. The van der Waals surface area contributed by atoms with Crippen LogP contribution in [0, 0.1) is 6.92 Å². The summed E-state index contributed by atoms with van der Waals surface area (Å²) in [6.07, 6.45) is 2.98. The van der Waals surface area contributed by atoms with Crippen LogP contribution in [0.4, 0.5) is 0 Å². The largest absolute Gasteiger partial charge is 0.493 e. The summed E-state index contributed by atoms with van der Waals surface area (Å²) in [6.45, 7) is 2.22. The molecule has 0 amide bonds. The van der Waals surface area contributed by atoms with Crippen molar-refractivity contribution in [3.8, 4) is 11.5 Å². The molecule has 126 valence electrons. The third-order valence-corrected chi connectivity index (χ3v) is 3.78. The molecule has 4 nitrogen and oxygen atoms in total. The fourth-order valence-corrected chi connectivity index (χ4v) is 2.46. The van der Waals surface area contributed by atoms with E-state index in [4.69, 9.17) is 25.8 Å². The Morgan fingerprint density at radius 3 is 2.58 bits per heavy atom. The monoisotopic (exact) mass is 346 g/mol. The average molecular weight is 347 g/mol. The van der Waals surface area contributed by atoms with Crippen LogP contribution in [0.15, 0.2) is 42.5 Å². The lowest BCUT2D eigenvalue weighted by Gasteiger charge is -2.10. The van der Waals surface area contributed by atoms with E-state index in [-0.39, 0.29) is 6.61 Å². The number of carbonyl (C=O) groups is 1. The Morgan fingerprint density at radius 1 is 1.17 bits per heavy atom. The van der Waals surface area contributed by atoms with Crippen molar-refractivity contribution in [2.24, 2.45) is 0 Å². The number of ether oxygens (including phenoxy) is 3. The molecule has 0 N–H and O–H groups in total. The smallest absolute Gasteiger partial charge is 0.331 e. The minimum atomic E-state index is -0.427. The van der Waals surface area contributed by atoms with E-state index in [0.29, 0.717) is 22.1 Å². The number of aryl methyl sites for hydroxylation is 1. The van der Waals surface area contributed by atoms with Crippen LogP contribution >= 0.6 is 11.6 Å². The molecule has 24 heavy (non-hydrogen) atoms. The van der Waals surface area contributed by atoms with E-state index in [1.54, 1.807) is 18.2 Å². The topological polar surface area (TPSA) is 44.8 Å². The first-order valence-electron chi connectivity index (χ1n) is 7.36. The molecule has 0 spiro atoms. The zero-order valence-electron chi connectivity index (χ0n) is 13.8. The van der Waals surface area contributed by atoms with E-state index < -0.39 is 5.97 Å². The first kappa shape index (κ1) is 17.9. The number of methoxy groups -OCH3 is 2. The Bertz CT molecular complexity index is 753. The van der Waals surface area contributed by atoms with Crippen LogP contribution in [-0.2, 0) is 16.1 Å². The van der Waals surface area contributed by atoms with Crippen molar-refractivity contribution in [2.75, 3.05) is 14.2 Å². The molecule has 0 atom stereocenters. The van der Waals surface area contributed by atoms with Crippen molar-refractivity contribution >= 4 is 23.6 Å². The first-order valence-corrected chi connectivity index (χ1v) is 7.73. The number of esters is 1. The lowest BCUT2D eigenvalue weighted by atomic mass is 10.1. The molecule has 0 aromatic heterocycles. The molecule has 0 unspecified atom stereocenters. The summed E-state index contributed by atoms with van der Waals surface area (Å²) >= 11 is 6.13. The Morgan fingerprint density at radius 2 is 1.92 bits per heavy atom. The maximum Gasteiger partial charge on any atom is 0.331 e. The van der Waals surface area contributed by atoms with Crippen LogP contribution in [0.3, 0.4) is 0 Å². The molecule has 0 aliphatic rings. The Kier molecular flexibility index (Phi) is 6.27. The summed E-state index contributed by atoms with van der Waals surface area (Å²) in [5.74, 6) is 0.528. The van der Waals surface area contributed by atoms with Gasteiger partial charge in [-0.05, 0) is 41.8 Å². The second-order valence-corrected chi connectivity index (χ2v) is 5.51. The van der Waals surface area contributed by atoms with Crippen LogP contribution in [0.5, 0.6) is 11.5 Å². The van der Waals surface area contributed by atoms with E-state index in [1.807, 2.05) is 31.2 Å². The average Bonchev–Trinajstić information content (AvgIpc) is 2.58. The van der Waals surface area contributed by atoms with Crippen molar-refractivity contribution in [3.05, 3.63) is 64.2 Å². The van der Waals surface area contributed by atoms with Crippen molar-refractivity contribution in [3.63, 3.8) is 0 Å². The van der Waals surface area contributed by atoms with Gasteiger partial charge in [-0.25, -0.2) is 4.79 Å². The molecule has 0 radical (unpaired) electrons. The van der Waals surface area contributed by atoms with Crippen molar-refractivity contribution < 1.29 is 19.0 Å². The number of hydrogen-bond donors (Lipinski definition) is 0. The lowest BCUT2D eigenvalue weighted by molar-refractivity contribution is -0.138. The van der Waals surface area contributed by atoms with Gasteiger partial charge in [-0.3, -0.25) is 0 Å². The van der Waals surface area contributed by atoms with Gasteiger partial charge in [0.25, 0.3) is 0 Å². The Labute approximate surface area is 146 Å². The van der Waals surface area contributed by atoms with Gasteiger partial charge in [0.15, 0.2) is 11.5 Å². The fraction of sp³-hybridized carbons (Fsp3) is 0.211. The molecule has 0 heterocycles. The van der Waals surface area contributed by atoms with Crippen LogP contribution in [-0.4, -0.2) is 20.2 Å². The van der Waals surface area contributed by atoms with Gasteiger partial charge in [0.1, 0.15) is 6.61 Å². The molecule has 0 saturated heterocycles. The number of halogens is 1. The summed E-state index contributed by atoms with van der Waals surface area (Å²) in [6, 6.07) is 11.2. The predicted molar refractivity (Wildman–Crippen MR) is 94.6 cm³/mol. The molecule has 0 saturated carbocycles. The maximum atomic E-state index is 11.9. The summed E-state index contributed by atoms with van der Waals surface area (Å²) < 4.78 is 15.6. The summed E-state index contributed by atoms with van der Waals surface area (Å²) in [7, 11) is 3.04. The molecule has 0 fully saturated rings. The van der Waals surface area contributed by atoms with Gasteiger partial charge in [-0.1, -0.05) is 35.9 Å². The number of carbonyl (C=O) groups excluding carboxylic acids is 1. The minimum Gasteiger partial charge on any atom is -0.493 e. The maximum absolute atomic E-state index is 11.9. The normalized spacial score (nSPS) is 10.7. The highest BCUT2D eigenvalue weighted by Gasteiger charge is 2.10. The molecular formula is C19H19ClO4. The highest BCUT2D eigenvalue weighted by molar-refractivity contribution is 6.32. The SMILES string of the molecule is COc1cc(/C=C/C(=O)OCc2ccccc2C)cc(Cl)c1OC. The molecule has 0 bridgehead atoms. The number of hydrogen-bond acceptors (Lipinski definition) is 4. The number of rotatable bonds is 6. The first-order chi connectivity index (χ1) is 11.5. The van der Waals surface area contributed by atoms with Gasteiger partial charge in [0.05, 0.1) is 19.2 Å². The van der Waals surface area contributed by atoms with Crippen LogP contribution in [0.2, 0.25) is 5.02 Å². The highest BCUT2D eigenvalue weighted by atomic mass is 35.5. The van der Waals surface area contributed by atoms with E-state index in [2.05, 4.69) is 0 Å². The highest BCUT2D eigenvalue weighted by Crippen LogP contribution is 2.36. The van der Waals surface area contributed by atoms with Crippen molar-refractivity contribution in [1.82, 2.24) is 0 Å². The second-order valence-electron chi connectivity index (χ2n) is 5.11. The lowest BCUT2D eigenvalue weighted by Crippen LogP contribution is -2.02. The van der Waals surface area contributed by atoms with E-state index >= 15 is 0 Å². The second kappa shape index (κ2) is 8.41. The molecule has 0 aliphatic carbocycles. The van der Waals surface area contributed by atoms with Crippen LogP contribution in [0.25, 0.3) is 6.08 Å². The van der Waals surface area contributed by atoms with Gasteiger partial charge in [-0.15, -0.1) is 0 Å². The zero-order valence-corrected chi connectivity index (χ0v) is 14.6. The predicted octanol–water partition coefficient (Wildman–Crippen LogP) is 4.42. The standard InChI is InChI=1S/C19H19ClO4/c1-13-6-4-5-7-15(13)12-24-18(21)9-8-14-10-16(20)19(23-3)17(11-14)22-2/h4-11H,12H2,1-3H3/b9-8+. The fourth-order valence-electron chi connectivity index (χ4n) is 2.17. The summed E-state index contributed by atoms with van der Waals surface area (Å²) in [5.41, 5.74) is 2.78. The quantitative estimate of drug-likeness (QED) is 0.573. The van der Waals surface area contributed by atoms with E-state index in [1.165, 1.54) is 20.3 Å². The van der Waals surface area contributed by atoms with Gasteiger partial charge >= 0.3 is 5.97 Å². The van der Waals surface area contributed by atoms with Gasteiger partial charge in [0.2, 0.25) is 0 Å². The summed E-state index contributed by atoms with van der Waals surface area (Å²) in [4.78, 5) is 11.9. The van der Waals surface area contributed by atoms with Crippen molar-refractivity contribution in [2.45, 2.75) is 13.5 Å². The molecule has 2 aromatic rings. The number of benzene rings is 2. The van der Waals surface area contributed by atoms with Gasteiger partial charge < -0.3 is 14.2 Å². The molecule has 0 aliphatic heterocycles. The van der Waals surface area contributed by atoms with Crippen LogP contribution < -0.4 is 9.47 Å². The molecule has 5 heteroatoms. The van der Waals surface area contributed by atoms with Gasteiger partial charge in [0, 0.05) is 6.08 Å². The van der Waals surface area contributed by atoms with Crippen LogP contribution in [0.1, 0.15) is 16.7 Å². The molecule has 2 aromatic carbocycles. The molecular weight excluding hydrogens is 328 g/mol. The Balaban J connectivity index is 2.04. The molecule has 2 rings (SSSR count). The zero-order chi connectivity index (χ0) is 17.5. The summed E-state index contributed by atoms with van der Waals surface area (Å²) in [5, 5.41) is 0.407. The van der Waals surface area contributed by atoms with E-state index in [9.17, 15) is 4.79 Å². The third kappa shape index (κ3) is 4.52. The van der Waals surface area contributed by atoms with Crippen molar-refractivity contribution in [1.29, 1.82) is 0 Å². The van der Waals surface area contributed by atoms with Gasteiger partial charge in [-0.2, -0.15) is 0 Å².